The fourth-order valence-corrected chi connectivity index (χ4v) is 3.63. The van der Waals surface area contributed by atoms with Crippen LogP contribution < -0.4 is 5.32 Å². The molecular formula is C14H16BrN3O3. The van der Waals surface area contributed by atoms with E-state index in [1.165, 1.54) is 12.1 Å². The summed E-state index contributed by atoms with van der Waals surface area (Å²) in [5.41, 5.74) is 0.820. The molecule has 7 heteroatoms. The van der Waals surface area contributed by atoms with Gasteiger partial charge < -0.3 is 10.2 Å². The van der Waals surface area contributed by atoms with E-state index < -0.39 is 4.92 Å². The van der Waals surface area contributed by atoms with Crippen LogP contribution in [0.25, 0.3) is 0 Å². The molecule has 1 aromatic rings. The molecule has 1 aromatic carbocycles. The van der Waals surface area contributed by atoms with Gasteiger partial charge in [-0.15, -0.1) is 0 Å². The van der Waals surface area contributed by atoms with Gasteiger partial charge in [0.15, 0.2) is 0 Å². The van der Waals surface area contributed by atoms with Gasteiger partial charge in [0.1, 0.15) is 0 Å². The molecule has 0 aromatic heterocycles. The van der Waals surface area contributed by atoms with E-state index >= 15 is 0 Å². The number of nitro benzene ring substituents is 1. The number of amides is 1. The van der Waals surface area contributed by atoms with E-state index in [0.717, 1.165) is 31.7 Å². The van der Waals surface area contributed by atoms with E-state index in [1.807, 2.05) is 4.90 Å². The van der Waals surface area contributed by atoms with Gasteiger partial charge in [-0.1, -0.05) is 22.0 Å². The van der Waals surface area contributed by atoms with Crippen LogP contribution in [0.2, 0.25) is 0 Å². The van der Waals surface area contributed by atoms with Crippen LogP contribution in [-0.4, -0.2) is 41.9 Å². The molecule has 0 saturated carbocycles. The van der Waals surface area contributed by atoms with Crippen molar-refractivity contribution in [2.24, 2.45) is 11.8 Å². The van der Waals surface area contributed by atoms with Gasteiger partial charge in [-0.25, -0.2) is 0 Å². The summed E-state index contributed by atoms with van der Waals surface area (Å²) in [6.07, 6.45) is 0.283. The number of rotatable bonds is 3. The van der Waals surface area contributed by atoms with Crippen LogP contribution in [0.15, 0.2) is 22.7 Å². The molecule has 112 valence electrons. The Labute approximate surface area is 130 Å². The zero-order valence-electron chi connectivity index (χ0n) is 11.4. The fraction of sp³-hybridized carbons (Fsp3) is 0.500. The zero-order valence-corrected chi connectivity index (χ0v) is 13.0. The van der Waals surface area contributed by atoms with Crippen LogP contribution in [-0.2, 0) is 11.2 Å². The summed E-state index contributed by atoms with van der Waals surface area (Å²) in [4.78, 5) is 24.6. The van der Waals surface area contributed by atoms with Crippen molar-refractivity contribution in [2.45, 2.75) is 6.42 Å². The summed E-state index contributed by atoms with van der Waals surface area (Å²) in [7, 11) is 0. The van der Waals surface area contributed by atoms with E-state index in [1.54, 1.807) is 6.07 Å². The maximum atomic E-state index is 12.4. The summed E-state index contributed by atoms with van der Waals surface area (Å²) in [5.74, 6) is 1.25. The summed E-state index contributed by atoms with van der Waals surface area (Å²) in [5, 5.41) is 14.1. The Morgan fingerprint density at radius 2 is 2.05 bits per heavy atom. The van der Waals surface area contributed by atoms with Crippen LogP contribution in [0.1, 0.15) is 5.56 Å². The Morgan fingerprint density at radius 3 is 2.62 bits per heavy atom. The average Bonchev–Trinajstić information content (AvgIpc) is 3.01. The molecule has 2 saturated heterocycles. The van der Waals surface area contributed by atoms with Crippen LogP contribution in [0, 0.1) is 22.0 Å². The second-order valence-electron chi connectivity index (χ2n) is 5.69. The Balaban J connectivity index is 1.66. The topological polar surface area (TPSA) is 75.5 Å². The third-order valence-electron chi connectivity index (χ3n) is 4.33. The first kappa shape index (κ1) is 14.5. The van der Waals surface area contributed by atoms with Crippen LogP contribution >= 0.6 is 15.9 Å². The minimum atomic E-state index is -0.439. The third-order valence-corrected chi connectivity index (χ3v) is 5.07. The molecule has 2 aliphatic heterocycles. The number of likely N-dealkylation sites (tertiary alicyclic amines) is 1. The van der Waals surface area contributed by atoms with Gasteiger partial charge in [-0.2, -0.15) is 0 Å². The molecule has 21 heavy (non-hydrogen) atoms. The van der Waals surface area contributed by atoms with Crippen LogP contribution in [0.3, 0.4) is 0 Å². The number of nitro groups is 1. The third kappa shape index (κ3) is 2.94. The van der Waals surface area contributed by atoms with E-state index in [2.05, 4.69) is 21.2 Å². The molecule has 3 rings (SSSR count). The molecule has 2 heterocycles. The highest BCUT2D eigenvalue weighted by Crippen LogP contribution is 2.28. The molecule has 0 bridgehead atoms. The van der Waals surface area contributed by atoms with Gasteiger partial charge in [-0.3, -0.25) is 14.9 Å². The van der Waals surface area contributed by atoms with Crippen molar-refractivity contribution in [3.8, 4) is 0 Å². The number of carbonyl (C=O) groups is 1. The largest absolute Gasteiger partial charge is 0.342 e. The summed E-state index contributed by atoms with van der Waals surface area (Å²) < 4.78 is 0.617. The average molecular weight is 354 g/mol. The lowest BCUT2D eigenvalue weighted by atomic mass is 10.0. The monoisotopic (exact) mass is 353 g/mol. The normalized spacial score (nSPS) is 24.1. The summed E-state index contributed by atoms with van der Waals surface area (Å²) in [6.45, 7) is 3.63. The molecule has 2 atom stereocenters. The molecular weight excluding hydrogens is 338 g/mol. The predicted molar refractivity (Wildman–Crippen MR) is 80.9 cm³/mol. The number of non-ortho nitro benzene ring substituents is 1. The maximum absolute atomic E-state index is 12.4. The number of hydrogen-bond donors (Lipinski definition) is 1. The molecule has 2 aliphatic rings. The Morgan fingerprint density at radius 1 is 1.38 bits per heavy atom. The minimum Gasteiger partial charge on any atom is -0.342 e. The number of fused-ring (bicyclic) bond motifs is 1. The number of benzene rings is 1. The number of carbonyl (C=O) groups excluding carboxylic acids is 1. The lowest BCUT2D eigenvalue weighted by Gasteiger charge is -2.18. The van der Waals surface area contributed by atoms with Crippen molar-refractivity contribution in [3.05, 3.63) is 38.3 Å². The van der Waals surface area contributed by atoms with Crippen molar-refractivity contribution in [2.75, 3.05) is 26.2 Å². The Hall–Kier alpha value is -1.47. The molecule has 0 radical (unpaired) electrons. The van der Waals surface area contributed by atoms with Crippen molar-refractivity contribution >= 4 is 27.5 Å². The first-order valence-corrected chi connectivity index (χ1v) is 7.75. The maximum Gasteiger partial charge on any atom is 0.270 e. The smallest absolute Gasteiger partial charge is 0.270 e. The van der Waals surface area contributed by atoms with E-state index in [4.69, 9.17) is 0 Å². The standard InChI is InChI=1S/C14H16BrN3O3/c15-13-4-12(18(20)21)2-1-9(13)3-14(19)17-7-10-5-16-6-11(10)8-17/h1-2,4,10-11,16H,3,5-8H2/t10-,11+. The molecule has 6 nitrogen and oxygen atoms in total. The molecule has 0 unspecified atom stereocenters. The molecule has 0 aliphatic carbocycles. The van der Waals surface area contributed by atoms with Crippen LogP contribution in [0.4, 0.5) is 5.69 Å². The highest BCUT2D eigenvalue weighted by molar-refractivity contribution is 9.10. The van der Waals surface area contributed by atoms with E-state index in [9.17, 15) is 14.9 Å². The van der Waals surface area contributed by atoms with Crippen molar-refractivity contribution in [3.63, 3.8) is 0 Å². The van der Waals surface area contributed by atoms with Gasteiger partial charge >= 0.3 is 0 Å². The second kappa shape index (κ2) is 5.73. The molecule has 2 fully saturated rings. The lowest BCUT2D eigenvalue weighted by Crippen LogP contribution is -2.33. The SMILES string of the molecule is O=C(Cc1ccc([N+](=O)[O-])cc1Br)N1C[C@H]2CNC[C@H]2C1. The number of halogens is 1. The van der Waals surface area contributed by atoms with Gasteiger partial charge in [-0.05, 0) is 17.4 Å². The zero-order chi connectivity index (χ0) is 15.0. The first-order chi connectivity index (χ1) is 10.0. The van der Waals surface area contributed by atoms with Gasteiger partial charge in [0.25, 0.3) is 5.69 Å². The number of nitrogens with zero attached hydrogens (tertiary/aromatic N) is 2. The first-order valence-electron chi connectivity index (χ1n) is 6.96. The molecule has 1 amide bonds. The number of nitrogens with one attached hydrogen (secondary N) is 1. The van der Waals surface area contributed by atoms with Crippen molar-refractivity contribution in [1.82, 2.24) is 10.2 Å². The highest BCUT2D eigenvalue weighted by Gasteiger charge is 2.37. The van der Waals surface area contributed by atoms with Gasteiger partial charge in [0.05, 0.1) is 11.3 Å². The minimum absolute atomic E-state index is 0.0276. The summed E-state index contributed by atoms with van der Waals surface area (Å²) >= 11 is 3.32. The van der Waals surface area contributed by atoms with Gasteiger partial charge in [0, 0.05) is 42.8 Å². The quantitative estimate of drug-likeness (QED) is 0.661. The molecule has 0 spiro atoms. The van der Waals surface area contributed by atoms with Crippen LogP contribution in [0.5, 0.6) is 0 Å². The van der Waals surface area contributed by atoms with Gasteiger partial charge in [0.2, 0.25) is 5.91 Å². The Bertz CT molecular complexity index is 581. The second-order valence-corrected chi connectivity index (χ2v) is 6.54. The highest BCUT2D eigenvalue weighted by atomic mass is 79.9. The van der Waals surface area contributed by atoms with Crippen molar-refractivity contribution in [1.29, 1.82) is 0 Å². The Kier molecular flexibility index (Phi) is 3.95. The van der Waals surface area contributed by atoms with Crippen molar-refractivity contribution < 1.29 is 9.72 Å². The molecule has 1 N–H and O–H groups in total. The fourth-order valence-electron chi connectivity index (χ4n) is 3.13. The van der Waals surface area contributed by atoms with E-state index in [-0.39, 0.29) is 18.0 Å². The lowest BCUT2D eigenvalue weighted by molar-refractivity contribution is -0.384. The predicted octanol–water partition coefficient (Wildman–Crippen LogP) is 1.58. The summed E-state index contributed by atoms with van der Waals surface area (Å²) in [6, 6.07) is 4.54. The van der Waals surface area contributed by atoms with E-state index in [0.29, 0.717) is 16.3 Å². The number of hydrogen-bond acceptors (Lipinski definition) is 4.